The summed E-state index contributed by atoms with van der Waals surface area (Å²) in [5.74, 6) is 0.189. The Morgan fingerprint density at radius 3 is 1.86 bits per heavy atom. The summed E-state index contributed by atoms with van der Waals surface area (Å²) >= 11 is 0. The average Bonchev–Trinajstić information content (AvgIpc) is 2.45. The lowest BCUT2D eigenvalue weighted by molar-refractivity contribution is -0.274. The van der Waals surface area contributed by atoms with Gasteiger partial charge >= 0.3 is 6.36 Å². The van der Waals surface area contributed by atoms with Crippen molar-refractivity contribution in [3.8, 4) is 11.5 Å². The minimum Gasteiger partial charge on any atom is -0.489 e. The van der Waals surface area contributed by atoms with Gasteiger partial charge in [-0.3, -0.25) is 0 Å². The highest BCUT2D eigenvalue weighted by molar-refractivity contribution is 5.31. The molecule has 2 aromatic carbocycles. The summed E-state index contributed by atoms with van der Waals surface area (Å²) in [5.41, 5.74) is 7.47. The Morgan fingerprint density at radius 1 is 0.810 bits per heavy atom. The Hall–Kier alpha value is -2.21. The number of hydrogen-bond donors (Lipinski definition) is 1. The highest BCUT2D eigenvalue weighted by Gasteiger charge is 2.30. The van der Waals surface area contributed by atoms with Crippen molar-refractivity contribution in [3.63, 3.8) is 0 Å². The molecule has 0 radical (unpaired) electrons. The summed E-state index contributed by atoms with van der Waals surface area (Å²) in [6.07, 6.45) is -4.69. The molecule has 2 N–H and O–H groups in total. The fourth-order valence-electron chi connectivity index (χ4n) is 1.68. The normalized spacial score (nSPS) is 11.2. The molecule has 112 valence electrons. The second kappa shape index (κ2) is 6.49. The third kappa shape index (κ3) is 5.00. The number of ether oxygens (including phenoxy) is 2. The van der Waals surface area contributed by atoms with Crippen LogP contribution in [0, 0.1) is 0 Å². The van der Waals surface area contributed by atoms with Crippen molar-refractivity contribution in [3.05, 3.63) is 59.7 Å². The van der Waals surface area contributed by atoms with Crippen molar-refractivity contribution in [2.45, 2.75) is 19.5 Å². The van der Waals surface area contributed by atoms with Gasteiger partial charge in [0.15, 0.2) is 0 Å². The molecule has 0 saturated carbocycles. The van der Waals surface area contributed by atoms with Crippen LogP contribution >= 0.6 is 0 Å². The first-order chi connectivity index (χ1) is 9.96. The Labute approximate surface area is 120 Å². The van der Waals surface area contributed by atoms with Gasteiger partial charge in [-0.2, -0.15) is 0 Å². The largest absolute Gasteiger partial charge is 0.573 e. The Morgan fingerprint density at radius 2 is 1.33 bits per heavy atom. The van der Waals surface area contributed by atoms with E-state index < -0.39 is 6.36 Å². The van der Waals surface area contributed by atoms with E-state index in [0.29, 0.717) is 18.9 Å². The Bertz CT molecular complexity index is 565. The summed E-state index contributed by atoms with van der Waals surface area (Å²) in [6, 6.07) is 12.9. The summed E-state index contributed by atoms with van der Waals surface area (Å²) in [7, 11) is 0. The molecule has 3 nitrogen and oxygen atoms in total. The molecule has 6 heteroatoms. The van der Waals surface area contributed by atoms with Crippen molar-refractivity contribution >= 4 is 0 Å². The van der Waals surface area contributed by atoms with Gasteiger partial charge in [0.05, 0.1) is 0 Å². The van der Waals surface area contributed by atoms with Gasteiger partial charge in [-0.15, -0.1) is 13.2 Å². The SMILES string of the molecule is NCc1ccc(COc2ccc(OC(F)(F)F)cc2)cc1. The molecule has 0 aliphatic heterocycles. The molecule has 21 heavy (non-hydrogen) atoms. The molecule has 0 saturated heterocycles. The van der Waals surface area contributed by atoms with E-state index in [2.05, 4.69) is 4.74 Å². The van der Waals surface area contributed by atoms with Gasteiger partial charge in [0.25, 0.3) is 0 Å². The predicted octanol–water partition coefficient (Wildman–Crippen LogP) is 3.62. The maximum atomic E-state index is 12.0. The van der Waals surface area contributed by atoms with Crippen LogP contribution in [-0.2, 0) is 13.2 Å². The predicted molar refractivity (Wildman–Crippen MR) is 71.8 cm³/mol. The summed E-state index contributed by atoms with van der Waals surface area (Å²) in [6.45, 7) is 0.798. The minimum atomic E-state index is -4.69. The number of hydrogen-bond acceptors (Lipinski definition) is 3. The molecule has 2 rings (SSSR count). The summed E-state index contributed by atoms with van der Waals surface area (Å²) in [5, 5.41) is 0. The Balaban J connectivity index is 1.91. The van der Waals surface area contributed by atoms with Gasteiger partial charge in [0.2, 0.25) is 0 Å². The molecule has 0 atom stereocenters. The van der Waals surface area contributed by atoms with E-state index >= 15 is 0 Å². The van der Waals surface area contributed by atoms with E-state index in [4.69, 9.17) is 10.5 Å². The van der Waals surface area contributed by atoms with E-state index in [1.807, 2.05) is 24.3 Å². The molecule has 0 unspecified atom stereocenters. The second-order valence-corrected chi connectivity index (χ2v) is 4.33. The highest BCUT2D eigenvalue weighted by Crippen LogP contribution is 2.25. The fourth-order valence-corrected chi connectivity index (χ4v) is 1.68. The van der Waals surface area contributed by atoms with Crippen molar-refractivity contribution in [2.24, 2.45) is 5.73 Å². The molecule has 0 aliphatic carbocycles. The van der Waals surface area contributed by atoms with Gasteiger partial charge in [0, 0.05) is 6.54 Å². The number of rotatable bonds is 5. The summed E-state index contributed by atoms with van der Waals surface area (Å²) < 4.78 is 45.3. The quantitative estimate of drug-likeness (QED) is 0.916. The molecular formula is C15H14F3NO2. The van der Waals surface area contributed by atoms with Gasteiger partial charge in [-0.1, -0.05) is 24.3 Å². The number of alkyl halides is 3. The van der Waals surface area contributed by atoms with Crippen LogP contribution < -0.4 is 15.2 Å². The summed E-state index contributed by atoms with van der Waals surface area (Å²) in [4.78, 5) is 0. The number of nitrogens with two attached hydrogens (primary N) is 1. The van der Waals surface area contributed by atoms with Crippen LogP contribution in [0.5, 0.6) is 11.5 Å². The second-order valence-electron chi connectivity index (χ2n) is 4.33. The van der Waals surface area contributed by atoms with Crippen LogP contribution in [0.1, 0.15) is 11.1 Å². The third-order valence-electron chi connectivity index (χ3n) is 2.72. The van der Waals surface area contributed by atoms with Crippen molar-refractivity contribution < 1.29 is 22.6 Å². The first-order valence-electron chi connectivity index (χ1n) is 6.23. The maximum Gasteiger partial charge on any atom is 0.573 e. The van der Waals surface area contributed by atoms with E-state index in [1.54, 1.807) is 0 Å². The zero-order valence-electron chi connectivity index (χ0n) is 11.1. The van der Waals surface area contributed by atoms with Crippen LogP contribution in [-0.4, -0.2) is 6.36 Å². The van der Waals surface area contributed by atoms with Gasteiger partial charge in [-0.25, -0.2) is 0 Å². The lowest BCUT2D eigenvalue weighted by Gasteiger charge is -2.10. The molecular weight excluding hydrogens is 283 g/mol. The van der Waals surface area contributed by atoms with Crippen LogP contribution in [0.15, 0.2) is 48.5 Å². The monoisotopic (exact) mass is 297 g/mol. The lowest BCUT2D eigenvalue weighted by Crippen LogP contribution is -2.16. The number of benzene rings is 2. The van der Waals surface area contributed by atoms with Crippen molar-refractivity contribution in [2.75, 3.05) is 0 Å². The molecule has 0 spiro atoms. The average molecular weight is 297 g/mol. The molecule has 0 aromatic heterocycles. The molecule has 0 amide bonds. The van der Waals surface area contributed by atoms with Crippen molar-refractivity contribution in [1.82, 2.24) is 0 Å². The zero-order valence-corrected chi connectivity index (χ0v) is 11.1. The first-order valence-corrected chi connectivity index (χ1v) is 6.23. The van der Waals surface area contributed by atoms with Gasteiger partial charge in [-0.05, 0) is 35.4 Å². The topological polar surface area (TPSA) is 44.5 Å². The van der Waals surface area contributed by atoms with Gasteiger partial charge < -0.3 is 15.2 Å². The fraction of sp³-hybridized carbons (Fsp3) is 0.200. The van der Waals surface area contributed by atoms with Crippen LogP contribution in [0.25, 0.3) is 0 Å². The van der Waals surface area contributed by atoms with E-state index in [9.17, 15) is 13.2 Å². The lowest BCUT2D eigenvalue weighted by atomic mass is 10.1. The molecule has 2 aromatic rings. The minimum absolute atomic E-state index is 0.276. The van der Waals surface area contributed by atoms with E-state index in [1.165, 1.54) is 24.3 Å². The highest BCUT2D eigenvalue weighted by atomic mass is 19.4. The van der Waals surface area contributed by atoms with E-state index in [0.717, 1.165) is 11.1 Å². The number of halogens is 3. The molecule has 0 fully saturated rings. The maximum absolute atomic E-state index is 12.0. The standard InChI is InChI=1S/C15H14F3NO2/c16-15(17,18)21-14-7-5-13(6-8-14)20-10-12-3-1-11(9-19)2-4-12/h1-8H,9-10,19H2. The third-order valence-corrected chi connectivity index (χ3v) is 2.72. The smallest absolute Gasteiger partial charge is 0.489 e. The molecule has 0 bridgehead atoms. The van der Waals surface area contributed by atoms with E-state index in [-0.39, 0.29) is 5.75 Å². The zero-order chi connectivity index (χ0) is 15.3. The van der Waals surface area contributed by atoms with Crippen LogP contribution in [0.4, 0.5) is 13.2 Å². The first kappa shape index (κ1) is 15.2. The Kier molecular flexibility index (Phi) is 4.70. The van der Waals surface area contributed by atoms with Crippen LogP contribution in [0.3, 0.4) is 0 Å². The van der Waals surface area contributed by atoms with Gasteiger partial charge in [0.1, 0.15) is 18.1 Å². The van der Waals surface area contributed by atoms with Crippen molar-refractivity contribution in [1.29, 1.82) is 0 Å². The van der Waals surface area contributed by atoms with Crippen LogP contribution in [0.2, 0.25) is 0 Å². The molecule has 0 heterocycles. The molecule has 0 aliphatic rings.